The monoisotopic (exact) mass is 268 g/mol. The van der Waals surface area contributed by atoms with Gasteiger partial charge in [0.25, 0.3) is 0 Å². The first-order valence-corrected chi connectivity index (χ1v) is 7.30. The molecule has 3 heteroatoms. The highest BCUT2D eigenvalue weighted by atomic mass is 16.1. The van der Waals surface area contributed by atoms with Crippen molar-refractivity contribution in [3.63, 3.8) is 0 Å². The molecule has 1 heterocycles. The second-order valence-corrected chi connectivity index (χ2v) is 5.63. The topological polar surface area (TPSA) is 34.9 Å². The molecule has 0 atom stereocenters. The van der Waals surface area contributed by atoms with E-state index < -0.39 is 0 Å². The standard InChI is InChI=1S/C17H20N2O/c1-12-7-9-14(10-8-12)17(20)11-19-13(2)18-15-5-3-4-6-16(15)19/h7-10H,3-6,11H2,1-2H3. The smallest absolute Gasteiger partial charge is 0.182 e. The highest BCUT2D eigenvalue weighted by molar-refractivity contribution is 5.96. The third kappa shape index (κ3) is 2.40. The summed E-state index contributed by atoms with van der Waals surface area (Å²) in [4.78, 5) is 17.0. The first-order chi connectivity index (χ1) is 9.65. The lowest BCUT2D eigenvalue weighted by molar-refractivity contribution is 0.0970. The van der Waals surface area contributed by atoms with Crippen LogP contribution in [0.15, 0.2) is 24.3 Å². The molecule has 2 aromatic rings. The number of Topliss-reactive ketones (excluding diaryl/α,β-unsaturated/α-hetero) is 1. The third-order valence-corrected chi connectivity index (χ3v) is 4.10. The van der Waals surface area contributed by atoms with Gasteiger partial charge in [-0.15, -0.1) is 0 Å². The Kier molecular flexibility index (Phi) is 3.43. The summed E-state index contributed by atoms with van der Waals surface area (Å²) in [5, 5.41) is 0. The van der Waals surface area contributed by atoms with E-state index in [2.05, 4.69) is 9.55 Å². The third-order valence-electron chi connectivity index (χ3n) is 4.10. The molecule has 0 fully saturated rings. The number of aryl methyl sites for hydroxylation is 3. The summed E-state index contributed by atoms with van der Waals surface area (Å²) in [5.41, 5.74) is 4.44. The Morgan fingerprint density at radius 2 is 1.85 bits per heavy atom. The molecule has 1 aliphatic rings. The lowest BCUT2D eigenvalue weighted by Gasteiger charge is -2.14. The first kappa shape index (κ1) is 13.1. The van der Waals surface area contributed by atoms with Crippen LogP contribution in [-0.2, 0) is 19.4 Å². The molecule has 104 valence electrons. The van der Waals surface area contributed by atoms with Gasteiger partial charge in [-0.2, -0.15) is 0 Å². The molecule has 0 spiro atoms. The number of nitrogens with zero attached hydrogens (tertiary/aromatic N) is 2. The number of carbonyl (C=O) groups is 1. The van der Waals surface area contributed by atoms with Crippen LogP contribution >= 0.6 is 0 Å². The lowest BCUT2D eigenvalue weighted by Crippen LogP contribution is -2.16. The molecular formula is C17H20N2O. The van der Waals surface area contributed by atoms with Crippen molar-refractivity contribution in [2.24, 2.45) is 0 Å². The second-order valence-electron chi connectivity index (χ2n) is 5.63. The normalized spacial score (nSPS) is 14.1. The van der Waals surface area contributed by atoms with E-state index in [-0.39, 0.29) is 5.78 Å². The number of fused-ring (bicyclic) bond motifs is 1. The summed E-state index contributed by atoms with van der Waals surface area (Å²) in [6.07, 6.45) is 4.53. The molecule has 3 nitrogen and oxygen atoms in total. The average Bonchev–Trinajstić information content (AvgIpc) is 2.76. The molecule has 0 saturated carbocycles. The first-order valence-electron chi connectivity index (χ1n) is 7.30. The molecule has 0 amide bonds. The average molecular weight is 268 g/mol. The molecule has 1 aliphatic carbocycles. The van der Waals surface area contributed by atoms with Crippen molar-refractivity contribution in [2.45, 2.75) is 46.1 Å². The predicted octanol–water partition coefficient (Wildman–Crippen LogP) is 3.26. The number of carbonyl (C=O) groups excluding carboxylic acids is 1. The highest BCUT2D eigenvalue weighted by Gasteiger charge is 2.19. The van der Waals surface area contributed by atoms with Crippen LogP contribution in [0.5, 0.6) is 0 Å². The van der Waals surface area contributed by atoms with Gasteiger partial charge in [-0.1, -0.05) is 29.8 Å². The van der Waals surface area contributed by atoms with Crippen LogP contribution in [0, 0.1) is 13.8 Å². The summed E-state index contributed by atoms with van der Waals surface area (Å²) in [6.45, 7) is 4.45. The van der Waals surface area contributed by atoms with Gasteiger partial charge in [-0.25, -0.2) is 4.98 Å². The Labute approximate surface area is 119 Å². The molecule has 3 rings (SSSR count). The van der Waals surface area contributed by atoms with Crippen molar-refractivity contribution in [3.05, 3.63) is 52.6 Å². The van der Waals surface area contributed by atoms with Gasteiger partial charge in [-0.3, -0.25) is 4.79 Å². The van der Waals surface area contributed by atoms with E-state index in [1.165, 1.54) is 29.8 Å². The van der Waals surface area contributed by atoms with Crippen LogP contribution in [0.4, 0.5) is 0 Å². The summed E-state index contributed by atoms with van der Waals surface area (Å²) in [7, 11) is 0. The van der Waals surface area contributed by atoms with E-state index in [1.807, 2.05) is 38.1 Å². The molecule has 20 heavy (non-hydrogen) atoms. The minimum atomic E-state index is 0.166. The van der Waals surface area contributed by atoms with Crippen LogP contribution in [0.3, 0.4) is 0 Å². The lowest BCUT2D eigenvalue weighted by atomic mass is 10.0. The Hall–Kier alpha value is -1.90. The summed E-state index contributed by atoms with van der Waals surface area (Å²) < 4.78 is 2.11. The van der Waals surface area contributed by atoms with E-state index in [0.29, 0.717) is 6.54 Å². The highest BCUT2D eigenvalue weighted by Crippen LogP contribution is 2.22. The van der Waals surface area contributed by atoms with Gasteiger partial charge in [0.05, 0.1) is 12.2 Å². The van der Waals surface area contributed by atoms with Crippen molar-refractivity contribution >= 4 is 5.78 Å². The van der Waals surface area contributed by atoms with Crippen molar-refractivity contribution in [1.82, 2.24) is 9.55 Å². The van der Waals surface area contributed by atoms with Gasteiger partial charge in [-0.05, 0) is 39.5 Å². The Morgan fingerprint density at radius 3 is 2.60 bits per heavy atom. The number of aromatic nitrogens is 2. The van der Waals surface area contributed by atoms with Gasteiger partial charge in [0.2, 0.25) is 0 Å². The van der Waals surface area contributed by atoms with Crippen molar-refractivity contribution in [3.8, 4) is 0 Å². The largest absolute Gasteiger partial charge is 0.324 e. The fourth-order valence-electron chi connectivity index (χ4n) is 2.92. The van der Waals surface area contributed by atoms with Gasteiger partial charge >= 0.3 is 0 Å². The number of hydrogen-bond acceptors (Lipinski definition) is 2. The van der Waals surface area contributed by atoms with Crippen molar-refractivity contribution < 1.29 is 4.79 Å². The SMILES string of the molecule is Cc1ccc(C(=O)Cn2c(C)nc3c2CCCC3)cc1. The zero-order valence-electron chi connectivity index (χ0n) is 12.1. The fourth-order valence-corrected chi connectivity index (χ4v) is 2.92. The van der Waals surface area contributed by atoms with Crippen LogP contribution in [0.2, 0.25) is 0 Å². The van der Waals surface area contributed by atoms with Gasteiger partial charge in [0, 0.05) is 11.3 Å². The van der Waals surface area contributed by atoms with E-state index in [9.17, 15) is 4.79 Å². The molecule has 0 radical (unpaired) electrons. The van der Waals surface area contributed by atoms with Crippen molar-refractivity contribution in [2.75, 3.05) is 0 Å². The van der Waals surface area contributed by atoms with Gasteiger partial charge < -0.3 is 4.57 Å². The van der Waals surface area contributed by atoms with Crippen LogP contribution in [-0.4, -0.2) is 15.3 Å². The minimum Gasteiger partial charge on any atom is -0.324 e. The minimum absolute atomic E-state index is 0.166. The number of rotatable bonds is 3. The zero-order chi connectivity index (χ0) is 14.1. The molecule has 0 N–H and O–H groups in total. The molecular weight excluding hydrogens is 248 g/mol. The Morgan fingerprint density at radius 1 is 1.15 bits per heavy atom. The quantitative estimate of drug-likeness (QED) is 0.801. The van der Waals surface area contributed by atoms with Crippen LogP contribution in [0.25, 0.3) is 0 Å². The van der Waals surface area contributed by atoms with Crippen LogP contribution in [0.1, 0.15) is 46.0 Å². The molecule has 0 bridgehead atoms. The van der Waals surface area contributed by atoms with E-state index in [0.717, 1.165) is 24.2 Å². The fraction of sp³-hybridized carbons (Fsp3) is 0.412. The number of imidazole rings is 1. The molecule has 0 aliphatic heterocycles. The predicted molar refractivity (Wildman–Crippen MR) is 79.1 cm³/mol. The summed E-state index contributed by atoms with van der Waals surface area (Å²) in [6, 6.07) is 7.81. The second kappa shape index (κ2) is 5.23. The molecule has 1 aromatic heterocycles. The van der Waals surface area contributed by atoms with Crippen molar-refractivity contribution in [1.29, 1.82) is 0 Å². The van der Waals surface area contributed by atoms with Gasteiger partial charge in [0.15, 0.2) is 5.78 Å². The van der Waals surface area contributed by atoms with Crippen LogP contribution < -0.4 is 0 Å². The maximum absolute atomic E-state index is 12.4. The molecule has 0 unspecified atom stereocenters. The zero-order valence-corrected chi connectivity index (χ0v) is 12.1. The maximum Gasteiger partial charge on any atom is 0.182 e. The maximum atomic E-state index is 12.4. The summed E-state index contributed by atoms with van der Waals surface area (Å²) in [5.74, 6) is 1.14. The number of hydrogen-bond donors (Lipinski definition) is 0. The summed E-state index contributed by atoms with van der Waals surface area (Å²) >= 11 is 0. The van der Waals surface area contributed by atoms with Gasteiger partial charge in [0.1, 0.15) is 5.82 Å². The van der Waals surface area contributed by atoms with E-state index >= 15 is 0 Å². The number of benzene rings is 1. The number of ketones is 1. The Bertz CT molecular complexity index is 638. The molecule has 0 saturated heterocycles. The Balaban J connectivity index is 1.86. The molecule has 1 aromatic carbocycles. The van der Waals surface area contributed by atoms with E-state index in [1.54, 1.807) is 0 Å². The van der Waals surface area contributed by atoms with E-state index in [4.69, 9.17) is 0 Å².